The molecular formula is C23H20F3N5O2. The van der Waals surface area contributed by atoms with Gasteiger partial charge in [-0.05, 0) is 24.3 Å². The first-order valence-corrected chi connectivity index (χ1v) is 10.2. The average Bonchev–Trinajstić information content (AvgIpc) is 3.18. The summed E-state index contributed by atoms with van der Waals surface area (Å²) in [7, 11) is 1.46. The van der Waals surface area contributed by atoms with E-state index in [1.54, 1.807) is 6.07 Å². The van der Waals surface area contributed by atoms with Gasteiger partial charge >= 0.3 is 0 Å². The van der Waals surface area contributed by atoms with Gasteiger partial charge in [-0.3, -0.25) is 14.6 Å². The van der Waals surface area contributed by atoms with E-state index in [0.717, 1.165) is 0 Å². The number of carbonyl (C=O) groups is 2. The van der Waals surface area contributed by atoms with E-state index in [2.05, 4.69) is 20.6 Å². The molecule has 7 nitrogen and oxygen atoms in total. The fraction of sp³-hybridized carbons (Fsp3) is 0.217. The number of amides is 2. The van der Waals surface area contributed by atoms with E-state index in [9.17, 15) is 22.8 Å². The first-order chi connectivity index (χ1) is 15.8. The maximum Gasteiger partial charge on any atom is 0.269 e. The molecule has 1 aliphatic rings. The molecule has 1 aliphatic heterocycles. The summed E-state index contributed by atoms with van der Waals surface area (Å²) in [5, 5.41) is 5.13. The predicted molar refractivity (Wildman–Crippen MR) is 117 cm³/mol. The maximum absolute atomic E-state index is 14.6. The van der Waals surface area contributed by atoms with Crippen molar-refractivity contribution in [3.05, 3.63) is 71.9 Å². The molecule has 2 aromatic heterocycles. The molecule has 4 rings (SSSR count). The lowest BCUT2D eigenvalue weighted by molar-refractivity contribution is 0.0256. The number of rotatable bonds is 5. The fourth-order valence-corrected chi connectivity index (χ4v) is 3.61. The summed E-state index contributed by atoms with van der Waals surface area (Å²) in [6, 6.07) is 10.3. The zero-order valence-corrected chi connectivity index (χ0v) is 17.6. The second kappa shape index (κ2) is 8.89. The molecule has 0 atom stereocenters. The number of nitrogens with zero attached hydrogens (tertiary/aromatic N) is 3. The van der Waals surface area contributed by atoms with Crippen LogP contribution < -0.4 is 15.5 Å². The van der Waals surface area contributed by atoms with Crippen LogP contribution in [0.25, 0.3) is 11.1 Å². The maximum atomic E-state index is 14.6. The Hall–Kier alpha value is -3.95. The van der Waals surface area contributed by atoms with Crippen molar-refractivity contribution >= 4 is 23.3 Å². The molecule has 1 fully saturated rings. The summed E-state index contributed by atoms with van der Waals surface area (Å²) < 4.78 is 42.4. The van der Waals surface area contributed by atoms with Gasteiger partial charge in [0.15, 0.2) is 5.82 Å². The number of pyridine rings is 2. The van der Waals surface area contributed by atoms with Crippen LogP contribution in [0.2, 0.25) is 0 Å². The van der Waals surface area contributed by atoms with Crippen molar-refractivity contribution in [2.75, 3.05) is 30.4 Å². The Morgan fingerprint density at radius 2 is 1.82 bits per heavy atom. The number of halogens is 3. The highest BCUT2D eigenvalue weighted by atomic mass is 19.3. The molecule has 0 bridgehead atoms. The van der Waals surface area contributed by atoms with Crippen LogP contribution in [0.5, 0.6) is 0 Å². The third kappa shape index (κ3) is 4.64. The van der Waals surface area contributed by atoms with Crippen molar-refractivity contribution in [1.29, 1.82) is 0 Å². The van der Waals surface area contributed by atoms with E-state index in [0.29, 0.717) is 5.56 Å². The third-order valence-electron chi connectivity index (χ3n) is 5.29. The van der Waals surface area contributed by atoms with Crippen LogP contribution >= 0.6 is 0 Å². The van der Waals surface area contributed by atoms with E-state index in [-0.39, 0.29) is 41.3 Å². The molecule has 170 valence electrons. The van der Waals surface area contributed by atoms with Gasteiger partial charge in [0.2, 0.25) is 0 Å². The lowest BCUT2D eigenvalue weighted by Crippen LogP contribution is -2.27. The molecule has 10 heteroatoms. The smallest absolute Gasteiger partial charge is 0.269 e. The van der Waals surface area contributed by atoms with Gasteiger partial charge in [-0.2, -0.15) is 0 Å². The van der Waals surface area contributed by atoms with Gasteiger partial charge in [-0.15, -0.1) is 0 Å². The van der Waals surface area contributed by atoms with Gasteiger partial charge in [0, 0.05) is 43.5 Å². The number of alkyl halides is 2. The zero-order chi connectivity index (χ0) is 23.6. The second-order valence-corrected chi connectivity index (χ2v) is 7.53. The highest BCUT2D eigenvalue weighted by Crippen LogP contribution is 2.39. The molecular weight excluding hydrogens is 435 g/mol. The molecule has 0 unspecified atom stereocenters. The van der Waals surface area contributed by atoms with Crippen LogP contribution in [0, 0.1) is 5.82 Å². The molecule has 2 N–H and O–H groups in total. The lowest BCUT2D eigenvalue weighted by Gasteiger charge is -2.23. The largest absolute Gasteiger partial charge is 0.354 e. The predicted octanol–water partition coefficient (Wildman–Crippen LogP) is 3.74. The Morgan fingerprint density at radius 3 is 2.45 bits per heavy atom. The quantitative estimate of drug-likeness (QED) is 0.612. The Bertz CT molecular complexity index is 1200. The summed E-state index contributed by atoms with van der Waals surface area (Å²) >= 11 is 0. The van der Waals surface area contributed by atoms with Crippen molar-refractivity contribution in [1.82, 2.24) is 15.3 Å². The van der Waals surface area contributed by atoms with Crippen molar-refractivity contribution in [2.45, 2.75) is 12.3 Å². The summed E-state index contributed by atoms with van der Waals surface area (Å²) in [5.74, 6) is -4.32. The van der Waals surface area contributed by atoms with E-state index in [1.165, 1.54) is 60.7 Å². The molecule has 0 saturated carbocycles. The lowest BCUT2D eigenvalue weighted by atomic mass is 10.0. The van der Waals surface area contributed by atoms with Crippen molar-refractivity contribution in [3.8, 4) is 11.1 Å². The number of aromatic nitrogens is 2. The summed E-state index contributed by atoms with van der Waals surface area (Å²) in [6.45, 7) is -0.530. The summed E-state index contributed by atoms with van der Waals surface area (Å²) in [6.07, 6.45) is 2.27. The first kappa shape index (κ1) is 22.3. The van der Waals surface area contributed by atoms with Crippen LogP contribution in [-0.2, 0) is 0 Å². The minimum Gasteiger partial charge on any atom is -0.354 e. The van der Waals surface area contributed by atoms with Crippen LogP contribution in [0.4, 0.5) is 24.7 Å². The van der Waals surface area contributed by atoms with Gasteiger partial charge in [-0.25, -0.2) is 18.2 Å². The molecule has 0 aliphatic carbocycles. The Morgan fingerprint density at radius 1 is 1.03 bits per heavy atom. The van der Waals surface area contributed by atoms with Crippen molar-refractivity contribution in [2.24, 2.45) is 0 Å². The number of hydrogen-bond donors (Lipinski definition) is 2. The van der Waals surface area contributed by atoms with Crippen molar-refractivity contribution < 1.29 is 22.8 Å². The highest BCUT2D eigenvalue weighted by Gasteiger charge is 2.40. The second-order valence-electron chi connectivity index (χ2n) is 7.53. The minimum atomic E-state index is -2.89. The van der Waals surface area contributed by atoms with Crippen molar-refractivity contribution in [3.63, 3.8) is 0 Å². The van der Waals surface area contributed by atoms with E-state index < -0.39 is 30.1 Å². The van der Waals surface area contributed by atoms with Gasteiger partial charge in [-0.1, -0.05) is 18.2 Å². The Balaban J connectivity index is 1.74. The first-order valence-electron chi connectivity index (χ1n) is 10.2. The van der Waals surface area contributed by atoms with Crippen LogP contribution in [0.3, 0.4) is 0 Å². The molecule has 0 radical (unpaired) electrons. The highest BCUT2D eigenvalue weighted by molar-refractivity contribution is 6.08. The Kier molecular flexibility index (Phi) is 5.99. The van der Waals surface area contributed by atoms with Gasteiger partial charge < -0.3 is 15.5 Å². The summed E-state index contributed by atoms with van der Waals surface area (Å²) in [5.41, 5.74) is 0.860. The topological polar surface area (TPSA) is 87.2 Å². The number of anilines is 2. The molecule has 2 amide bonds. The third-order valence-corrected chi connectivity index (χ3v) is 5.29. The van der Waals surface area contributed by atoms with E-state index >= 15 is 0 Å². The van der Waals surface area contributed by atoms with E-state index in [1.807, 2.05) is 0 Å². The zero-order valence-electron chi connectivity index (χ0n) is 17.6. The van der Waals surface area contributed by atoms with Crippen LogP contribution in [0.1, 0.15) is 27.3 Å². The molecule has 0 spiro atoms. The molecule has 3 aromatic rings. The molecule has 3 heterocycles. The monoisotopic (exact) mass is 455 g/mol. The normalized spacial score (nSPS) is 14.7. The van der Waals surface area contributed by atoms with Gasteiger partial charge in [0.1, 0.15) is 11.5 Å². The number of hydrogen-bond acceptors (Lipinski definition) is 5. The number of nitrogens with one attached hydrogen (secondary N) is 2. The van der Waals surface area contributed by atoms with E-state index in [4.69, 9.17) is 0 Å². The standard InChI is InChI=1S/C23H20F3N5O2/c1-27-22(33)18-7-6-14(12-29-18)21(32)30-19-16(15-4-2-3-5-17(15)24)8-10-28-20(19)31-11-9-23(25,26)13-31/h2-8,10,12H,9,11,13H2,1H3,(H,27,33)(H,30,32). The van der Waals surface area contributed by atoms with Crippen LogP contribution in [-0.4, -0.2) is 47.8 Å². The fourth-order valence-electron chi connectivity index (χ4n) is 3.61. The van der Waals surface area contributed by atoms with Crippen LogP contribution in [0.15, 0.2) is 54.9 Å². The molecule has 33 heavy (non-hydrogen) atoms. The SMILES string of the molecule is CNC(=O)c1ccc(C(=O)Nc2c(-c3ccccc3F)ccnc2N2CCC(F)(F)C2)cn1. The number of benzene rings is 1. The Labute approximate surface area is 187 Å². The van der Waals surface area contributed by atoms with Gasteiger partial charge in [0.05, 0.1) is 17.8 Å². The molecule has 1 aromatic carbocycles. The van der Waals surface area contributed by atoms with Gasteiger partial charge in [0.25, 0.3) is 17.7 Å². The minimum absolute atomic E-state index is 0.0337. The summed E-state index contributed by atoms with van der Waals surface area (Å²) in [4.78, 5) is 34.2. The number of carbonyl (C=O) groups excluding carboxylic acids is 2. The molecule has 1 saturated heterocycles. The average molecular weight is 455 g/mol.